The van der Waals surface area contributed by atoms with Crippen molar-refractivity contribution >= 4 is 13.2 Å². The molecular formula is C13H15P. The van der Waals surface area contributed by atoms with Gasteiger partial charge in [-0.05, 0) is 38.0 Å². The molecule has 0 aliphatic heterocycles. The molecule has 0 fully saturated rings. The Balaban J connectivity index is 2.20. The van der Waals surface area contributed by atoms with Gasteiger partial charge in [0.15, 0.2) is 0 Å². The number of benzene rings is 1. The van der Waals surface area contributed by atoms with Crippen LogP contribution in [-0.2, 0) is 0 Å². The van der Waals surface area contributed by atoms with Gasteiger partial charge in [-0.1, -0.05) is 48.6 Å². The van der Waals surface area contributed by atoms with E-state index in [9.17, 15) is 0 Å². The molecule has 0 aromatic heterocycles. The highest BCUT2D eigenvalue weighted by Gasteiger charge is 2.08. The van der Waals surface area contributed by atoms with Crippen molar-refractivity contribution in [1.82, 2.24) is 0 Å². The summed E-state index contributed by atoms with van der Waals surface area (Å²) in [7, 11) is -0.120. The number of rotatable bonds is 2. The minimum absolute atomic E-state index is 0.120. The molecule has 1 aliphatic rings. The zero-order valence-corrected chi connectivity index (χ0v) is 9.37. The Morgan fingerprint density at radius 2 is 1.86 bits per heavy atom. The Hall–Kier alpha value is -0.870. The molecule has 0 saturated heterocycles. The first-order valence-corrected chi connectivity index (χ1v) is 6.82. The lowest BCUT2D eigenvalue weighted by Crippen LogP contribution is -2.00. The summed E-state index contributed by atoms with van der Waals surface area (Å²) in [5.74, 6) is 0. The molecule has 0 bridgehead atoms. The maximum absolute atomic E-state index is 2.39. The van der Waals surface area contributed by atoms with Crippen LogP contribution in [0.25, 0.3) is 0 Å². The summed E-state index contributed by atoms with van der Waals surface area (Å²) in [4.78, 5) is 0. The third-order valence-electron chi connectivity index (χ3n) is 2.51. The zero-order valence-electron chi connectivity index (χ0n) is 8.48. The van der Waals surface area contributed by atoms with Crippen molar-refractivity contribution < 1.29 is 0 Å². The van der Waals surface area contributed by atoms with Gasteiger partial charge < -0.3 is 0 Å². The first-order chi connectivity index (χ1) is 6.88. The van der Waals surface area contributed by atoms with Gasteiger partial charge in [-0.25, -0.2) is 0 Å². The average molecular weight is 202 g/mol. The highest BCUT2D eigenvalue weighted by atomic mass is 31.1. The second-order valence-corrected chi connectivity index (χ2v) is 5.65. The van der Waals surface area contributed by atoms with Crippen molar-refractivity contribution in [2.75, 3.05) is 6.66 Å². The van der Waals surface area contributed by atoms with E-state index in [1.165, 1.54) is 23.5 Å². The van der Waals surface area contributed by atoms with Crippen LogP contribution in [0, 0.1) is 0 Å². The van der Waals surface area contributed by atoms with Gasteiger partial charge >= 0.3 is 0 Å². The smallest absolute Gasteiger partial charge is 0.0198 e. The van der Waals surface area contributed by atoms with E-state index in [0.29, 0.717) is 0 Å². The predicted molar refractivity (Wildman–Crippen MR) is 65.4 cm³/mol. The summed E-state index contributed by atoms with van der Waals surface area (Å²) < 4.78 is 0. The first kappa shape index (κ1) is 9.68. The van der Waals surface area contributed by atoms with Crippen LogP contribution in [0.5, 0.6) is 0 Å². The first-order valence-electron chi connectivity index (χ1n) is 5.03. The maximum Gasteiger partial charge on any atom is -0.0198 e. The monoisotopic (exact) mass is 202 g/mol. The summed E-state index contributed by atoms with van der Waals surface area (Å²) in [6, 6.07) is 10.8. The molecule has 0 radical (unpaired) electrons. The lowest BCUT2D eigenvalue weighted by Gasteiger charge is -2.16. The Kier molecular flexibility index (Phi) is 3.16. The van der Waals surface area contributed by atoms with E-state index in [1.54, 1.807) is 0 Å². The molecule has 1 aromatic rings. The van der Waals surface area contributed by atoms with Crippen LogP contribution < -0.4 is 5.30 Å². The fourth-order valence-electron chi connectivity index (χ4n) is 1.65. The van der Waals surface area contributed by atoms with Gasteiger partial charge in [0, 0.05) is 0 Å². The van der Waals surface area contributed by atoms with Gasteiger partial charge in [-0.15, -0.1) is 0 Å². The molecule has 1 unspecified atom stereocenters. The van der Waals surface area contributed by atoms with Crippen LogP contribution in [0.1, 0.15) is 12.8 Å². The van der Waals surface area contributed by atoms with Crippen LogP contribution in [0.2, 0.25) is 0 Å². The van der Waals surface area contributed by atoms with Gasteiger partial charge in [-0.2, -0.15) is 0 Å². The third-order valence-corrected chi connectivity index (χ3v) is 4.69. The van der Waals surface area contributed by atoms with Crippen LogP contribution in [0.4, 0.5) is 0 Å². The van der Waals surface area contributed by atoms with E-state index in [-0.39, 0.29) is 7.92 Å². The fraction of sp³-hybridized carbons (Fsp3) is 0.231. The Morgan fingerprint density at radius 1 is 1.07 bits per heavy atom. The Labute approximate surface area is 87.1 Å². The molecule has 1 atom stereocenters. The summed E-state index contributed by atoms with van der Waals surface area (Å²) in [6.07, 6.45) is 9.39. The van der Waals surface area contributed by atoms with Crippen molar-refractivity contribution in [2.24, 2.45) is 0 Å². The van der Waals surface area contributed by atoms with Gasteiger partial charge in [0.25, 0.3) is 0 Å². The van der Waals surface area contributed by atoms with Crippen molar-refractivity contribution in [1.29, 1.82) is 0 Å². The molecule has 0 N–H and O–H groups in total. The molecule has 2 rings (SSSR count). The summed E-state index contributed by atoms with van der Waals surface area (Å²) in [6.45, 7) is 2.34. The third kappa shape index (κ3) is 2.13. The molecule has 0 heterocycles. The molecule has 72 valence electrons. The average Bonchev–Trinajstić information content (AvgIpc) is 2.30. The predicted octanol–water partition coefficient (Wildman–Crippen LogP) is 3.66. The van der Waals surface area contributed by atoms with Gasteiger partial charge in [0.1, 0.15) is 0 Å². The van der Waals surface area contributed by atoms with Crippen LogP contribution in [-0.4, -0.2) is 6.66 Å². The van der Waals surface area contributed by atoms with E-state index < -0.39 is 0 Å². The fourth-order valence-corrected chi connectivity index (χ4v) is 3.30. The maximum atomic E-state index is 2.39. The number of allylic oxidation sites excluding steroid dienone is 4. The molecule has 0 saturated carbocycles. The largest absolute Gasteiger partial charge is 0.0836 e. The van der Waals surface area contributed by atoms with Crippen molar-refractivity contribution in [3.63, 3.8) is 0 Å². The Bertz CT molecular complexity index is 349. The quantitative estimate of drug-likeness (QED) is 0.642. The normalized spacial score (nSPS) is 17.6. The number of hydrogen-bond donors (Lipinski definition) is 0. The van der Waals surface area contributed by atoms with Crippen LogP contribution >= 0.6 is 7.92 Å². The molecular weight excluding hydrogens is 187 g/mol. The molecule has 0 nitrogen and oxygen atoms in total. The molecule has 1 heteroatoms. The molecule has 14 heavy (non-hydrogen) atoms. The van der Waals surface area contributed by atoms with E-state index in [1.807, 2.05) is 0 Å². The van der Waals surface area contributed by atoms with E-state index in [2.05, 4.69) is 55.2 Å². The zero-order chi connectivity index (χ0) is 9.80. The minimum Gasteiger partial charge on any atom is -0.0836 e. The highest BCUT2D eigenvalue weighted by molar-refractivity contribution is 7.69. The Morgan fingerprint density at radius 3 is 2.50 bits per heavy atom. The van der Waals surface area contributed by atoms with Crippen LogP contribution in [0.15, 0.2) is 53.9 Å². The summed E-state index contributed by atoms with van der Waals surface area (Å²) in [5, 5.41) is 3.00. The summed E-state index contributed by atoms with van der Waals surface area (Å²) >= 11 is 0. The van der Waals surface area contributed by atoms with Gasteiger partial charge in [0.2, 0.25) is 0 Å². The molecule has 0 spiro atoms. The van der Waals surface area contributed by atoms with Crippen molar-refractivity contribution in [3.05, 3.63) is 53.9 Å². The second kappa shape index (κ2) is 4.57. The lowest BCUT2D eigenvalue weighted by atomic mass is 10.2. The van der Waals surface area contributed by atoms with Crippen molar-refractivity contribution in [2.45, 2.75) is 12.8 Å². The SMILES string of the molecule is CP(C1=CCCC=C1)c1ccccc1. The molecule has 0 amide bonds. The number of hydrogen-bond acceptors (Lipinski definition) is 0. The molecule has 1 aliphatic carbocycles. The summed E-state index contributed by atoms with van der Waals surface area (Å²) in [5.41, 5.74) is 0. The van der Waals surface area contributed by atoms with E-state index >= 15 is 0 Å². The van der Waals surface area contributed by atoms with E-state index in [0.717, 1.165) is 0 Å². The van der Waals surface area contributed by atoms with Crippen molar-refractivity contribution in [3.8, 4) is 0 Å². The van der Waals surface area contributed by atoms with Crippen LogP contribution in [0.3, 0.4) is 0 Å². The molecule has 1 aromatic carbocycles. The highest BCUT2D eigenvalue weighted by Crippen LogP contribution is 2.41. The minimum atomic E-state index is -0.120. The van der Waals surface area contributed by atoms with Gasteiger partial charge in [-0.3, -0.25) is 0 Å². The topological polar surface area (TPSA) is 0 Å². The van der Waals surface area contributed by atoms with E-state index in [4.69, 9.17) is 0 Å². The van der Waals surface area contributed by atoms with Gasteiger partial charge in [0.05, 0.1) is 0 Å². The standard InChI is InChI=1S/C13H15P/c1-14(12-8-4-2-5-9-12)13-10-6-3-7-11-13/h2,4-6,8-11H,3,7H2,1H3. The lowest BCUT2D eigenvalue weighted by molar-refractivity contribution is 1.03. The second-order valence-electron chi connectivity index (χ2n) is 3.50.